The van der Waals surface area contributed by atoms with Gasteiger partial charge in [0.25, 0.3) is 0 Å². The molecule has 0 aromatic rings. The summed E-state index contributed by atoms with van der Waals surface area (Å²) >= 11 is 0. The monoisotopic (exact) mass is 218 g/mol. The van der Waals surface area contributed by atoms with Gasteiger partial charge < -0.3 is 20.9 Å². The van der Waals surface area contributed by atoms with Crippen LogP contribution in [0.5, 0.6) is 0 Å². The van der Waals surface area contributed by atoms with Gasteiger partial charge in [-0.25, -0.2) is 0 Å². The Labute approximate surface area is 91.0 Å². The van der Waals surface area contributed by atoms with E-state index in [2.05, 4.69) is 5.32 Å². The van der Waals surface area contributed by atoms with Crippen LogP contribution in [0.2, 0.25) is 0 Å². The third-order valence-corrected chi connectivity index (χ3v) is 2.18. The second kappa shape index (κ2) is 8.64. The Morgan fingerprint density at radius 3 is 2.73 bits per heavy atom. The predicted octanol–water partition coefficient (Wildman–Crippen LogP) is -0.515. The summed E-state index contributed by atoms with van der Waals surface area (Å²) in [6, 6.07) is 0. The van der Waals surface area contributed by atoms with Crippen LogP contribution in [0.25, 0.3) is 0 Å². The molecule has 0 fully saturated rings. The summed E-state index contributed by atoms with van der Waals surface area (Å²) in [6.45, 7) is 3.13. The molecule has 0 aromatic heterocycles. The van der Waals surface area contributed by atoms with Crippen molar-refractivity contribution in [3.63, 3.8) is 0 Å². The third kappa shape index (κ3) is 7.30. The summed E-state index contributed by atoms with van der Waals surface area (Å²) in [6.07, 6.45) is 0.682. The first-order valence-corrected chi connectivity index (χ1v) is 5.26. The standard InChI is InChI=1S/C10H22N2O3/c1-8(3-5-11)10(14)12-6-4-9(13)7-15-2/h8-9,13H,3-7,11H2,1-2H3,(H,12,14). The molecule has 0 radical (unpaired) electrons. The van der Waals surface area contributed by atoms with Crippen LogP contribution in [0.3, 0.4) is 0 Å². The highest BCUT2D eigenvalue weighted by Gasteiger charge is 2.11. The van der Waals surface area contributed by atoms with Crippen molar-refractivity contribution in [1.82, 2.24) is 5.32 Å². The molecule has 0 aromatic carbocycles. The first-order valence-electron chi connectivity index (χ1n) is 5.26. The number of nitrogens with two attached hydrogens (primary N) is 1. The van der Waals surface area contributed by atoms with Crippen LogP contribution in [0.15, 0.2) is 0 Å². The number of amides is 1. The van der Waals surface area contributed by atoms with Gasteiger partial charge in [-0.2, -0.15) is 0 Å². The summed E-state index contributed by atoms with van der Waals surface area (Å²) in [5, 5.41) is 12.1. The molecule has 15 heavy (non-hydrogen) atoms. The molecular formula is C10H22N2O3. The third-order valence-electron chi connectivity index (χ3n) is 2.18. The van der Waals surface area contributed by atoms with Crippen LogP contribution in [-0.2, 0) is 9.53 Å². The molecule has 0 saturated carbocycles. The minimum atomic E-state index is -0.514. The molecule has 0 rings (SSSR count). The van der Waals surface area contributed by atoms with E-state index in [0.29, 0.717) is 32.5 Å². The molecular weight excluding hydrogens is 196 g/mol. The van der Waals surface area contributed by atoms with Crippen molar-refractivity contribution in [3.05, 3.63) is 0 Å². The van der Waals surface area contributed by atoms with Crippen LogP contribution >= 0.6 is 0 Å². The van der Waals surface area contributed by atoms with Crippen molar-refractivity contribution in [1.29, 1.82) is 0 Å². The molecule has 4 N–H and O–H groups in total. The van der Waals surface area contributed by atoms with Gasteiger partial charge in [0.15, 0.2) is 0 Å². The van der Waals surface area contributed by atoms with Crippen molar-refractivity contribution < 1.29 is 14.6 Å². The second-order valence-corrected chi connectivity index (χ2v) is 3.67. The van der Waals surface area contributed by atoms with Gasteiger partial charge in [0, 0.05) is 19.6 Å². The first kappa shape index (κ1) is 14.3. The van der Waals surface area contributed by atoms with E-state index in [1.54, 1.807) is 0 Å². The van der Waals surface area contributed by atoms with Crippen molar-refractivity contribution in [2.45, 2.75) is 25.9 Å². The lowest BCUT2D eigenvalue weighted by atomic mass is 10.1. The fourth-order valence-corrected chi connectivity index (χ4v) is 1.19. The number of methoxy groups -OCH3 is 1. The van der Waals surface area contributed by atoms with Crippen LogP contribution < -0.4 is 11.1 Å². The van der Waals surface area contributed by atoms with Crippen molar-refractivity contribution >= 4 is 5.91 Å². The smallest absolute Gasteiger partial charge is 0.222 e. The van der Waals surface area contributed by atoms with Crippen LogP contribution in [-0.4, -0.2) is 43.9 Å². The van der Waals surface area contributed by atoms with Gasteiger partial charge in [0.05, 0.1) is 12.7 Å². The number of carbonyl (C=O) groups excluding carboxylic acids is 1. The van der Waals surface area contributed by atoms with Gasteiger partial charge in [0.1, 0.15) is 0 Å². The van der Waals surface area contributed by atoms with Gasteiger partial charge in [-0.15, -0.1) is 0 Å². The maximum absolute atomic E-state index is 11.4. The lowest BCUT2D eigenvalue weighted by Gasteiger charge is -2.13. The molecule has 5 heteroatoms. The summed E-state index contributed by atoms with van der Waals surface area (Å²) < 4.78 is 4.77. The largest absolute Gasteiger partial charge is 0.391 e. The van der Waals surface area contributed by atoms with Gasteiger partial charge in [-0.05, 0) is 19.4 Å². The highest BCUT2D eigenvalue weighted by molar-refractivity contribution is 5.78. The number of rotatable bonds is 8. The fraction of sp³-hybridized carbons (Fsp3) is 0.900. The number of aliphatic hydroxyl groups excluding tert-OH is 1. The molecule has 0 aliphatic rings. The molecule has 0 aliphatic carbocycles. The Balaban J connectivity index is 3.54. The highest BCUT2D eigenvalue weighted by atomic mass is 16.5. The lowest BCUT2D eigenvalue weighted by Crippen LogP contribution is -2.33. The normalized spacial score (nSPS) is 14.7. The topological polar surface area (TPSA) is 84.6 Å². The number of hydrogen-bond donors (Lipinski definition) is 3. The quantitative estimate of drug-likeness (QED) is 0.512. The maximum atomic E-state index is 11.4. The molecule has 1 amide bonds. The number of hydrogen-bond acceptors (Lipinski definition) is 4. The minimum absolute atomic E-state index is 0.00920. The second-order valence-electron chi connectivity index (χ2n) is 3.67. The molecule has 0 saturated heterocycles. The van der Waals surface area contributed by atoms with E-state index in [4.69, 9.17) is 10.5 Å². The molecule has 2 atom stereocenters. The highest BCUT2D eigenvalue weighted by Crippen LogP contribution is 1.99. The van der Waals surface area contributed by atoms with E-state index in [1.165, 1.54) is 7.11 Å². The van der Waals surface area contributed by atoms with E-state index in [0.717, 1.165) is 0 Å². The Kier molecular flexibility index (Phi) is 8.27. The zero-order valence-corrected chi connectivity index (χ0v) is 9.53. The molecule has 5 nitrogen and oxygen atoms in total. The van der Waals surface area contributed by atoms with Crippen LogP contribution in [0, 0.1) is 5.92 Å². The Bertz CT molecular complexity index is 176. The molecule has 0 spiro atoms. The molecule has 0 aliphatic heterocycles. The molecule has 90 valence electrons. The molecule has 0 bridgehead atoms. The van der Waals surface area contributed by atoms with Gasteiger partial charge in [0.2, 0.25) is 5.91 Å². The van der Waals surface area contributed by atoms with Crippen LogP contribution in [0.4, 0.5) is 0 Å². The van der Waals surface area contributed by atoms with Crippen molar-refractivity contribution in [2.75, 3.05) is 26.8 Å². The molecule has 2 unspecified atom stereocenters. The Hall–Kier alpha value is -0.650. The first-order chi connectivity index (χ1) is 7.11. The minimum Gasteiger partial charge on any atom is -0.391 e. The van der Waals surface area contributed by atoms with Crippen LogP contribution in [0.1, 0.15) is 19.8 Å². The average Bonchev–Trinajstić information content (AvgIpc) is 2.18. The molecule has 0 heterocycles. The Morgan fingerprint density at radius 2 is 2.20 bits per heavy atom. The van der Waals surface area contributed by atoms with E-state index in [1.807, 2.05) is 6.92 Å². The summed E-state index contributed by atoms with van der Waals surface area (Å²) in [4.78, 5) is 11.4. The predicted molar refractivity (Wildman–Crippen MR) is 58.3 cm³/mol. The van der Waals surface area contributed by atoms with E-state index >= 15 is 0 Å². The van der Waals surface area contributed by atoms with E-state index in [-0.39, 0.29) is 11.8 Å². The van der Waals surface area contributed by atoms with Gasteiger partial charge in [-0.3, -0.25) is 4.79 Å². The zero-order valence-electron chi connectivity index (χ0n) is 9.53. The zero-order chi connectivity index (χ0) is 11.7. The fourth-order valence-electron chi connectivity index (χ4n) is 1.19. The van der Waals surface area contributed by atoms with E-state index < -0.39 is 6.10 Å². The number of ether oxygens (including phenoxy) is 1. The maximum Gasteiger partial charge on any atom is 0.222 e. The summed E-state index contributed by atoms with van der Waals surface area (Å²) in [7, 11) is 1.53. The van der Waals surface area contributed by atoms with Gasteiger partial charge in [-0.1, -0.05) is 6.92 Å². The average molecular weight is 218 g/mol. The number of nitrogens with one attached hydrogen (secondary N) is 1. The van der Waals surface area contributed by atoms with Gasteiger partial charge >= 0.3 is 0 Å². The Morgan fingerprint density at radius 1 is 1.53 bits per heavy atom. The van der Waals surface area contributed by atoms with Crippen molar-refractivity contribution in [2.24, 2.45) is 11.7 Å². The number of aliphatic hydroxyl groups is 1. The summed E-state index contributed by atoms with van der Waals surface area (Å²) in [5.74, 6) is -0.0698. The van der Waals surface area contributed by atoms with E-state index in [9.17, 15) is 9.90 Å². The number of carbonyl (C=O) groups is 1. The SMILES string of the molecule is COCC(O)CCNC(=O)C(C)CCN. The van der Waals surface area contributed by atoms with Crippen molar-refractivity contribution in [3.8, 4) is 0 Å². The summed E-state index contributed by atoms with van der Waals surface area (Å²) in [5.41, 5.74) is 5.35. The lowest BCUT2D eigenvalue weighted by molar-refractivity contribution is -0.124.